The van der Waals surface area contributed by atoms with Crippen LogP contribution < -0.4 is 15.8 Å². The average molecular weight is 361 g/mol. The zero-order chi connectivity index (χ0) is 18.7. The first-order valence-corrected chi connectivity index (χ1v) is 9.76. The van der Waals surface area contributed by atoms with E-state index in [4.69, 9.17) is 10.5 Å². The lowest BCUT2D eigenvalue weighted by Gasteiger charge is -2.36. The number of nitrogen functional groups attached to an aromatic ring is 1. The third kappa shape index (κ3) is 4.44. The predicted molar refractivity (Wildman–Crippen MR) is 101 cm³/mol. The number of anilines is 1. The molecular weight excluding hydrogens is 330 g/mol. The van der Waals surface area contributed by atoms with E-state index in [2.05, 4.69) is 20.2 Å². The lowest BCUT2D eigenvalue weighted by molar-refractivity contribution is -0.128. The summed E-state index contributed by atoms with van der Waals surface area (Å²) >= 11 is 0. The molecule has 1 aromatic rings. The molecule has 2 aliphatic rings. The minimum absolute atomic E-state index is 0.111. The highest BCUT2D eigenvalue weighted by Gasteiger charge is 2.28. The molecule has 1 aliphatic heterocycles. The molecule has 0 spiro atoms. The van der Waals surface area contributed by atoms with Gasteiger partial charge in [0.25, 0.3) is 5.91 Å². The van der Waals surface area contributed by atoms with Gasteiger partial charge in [0.2, 0.25) is 0 Å². The molecule has 26 heavy (non-hydrogen) atoms. The van der Waals surface area contributed by atoms with Gasteiger partial charge < -0.3 is 20.7 Å². The summed E-state index contributed by atoms with van der Waals surface area (Å²) in [5.41, 5.74) is 7.75. The van der Waals surface area contributed by atoms with E-state index in [9.17, 15) is 4.79 Å². The summed E-state index contributed by atoms with van der Waals surface area (Å²) in [6.07, 6.45) is 6.78. The van der Waals surface area contributed by atoms with Crippen molar-refractivity contribution in [3.05, 3.63) is 11.4 Å². The summed E-state index contributed by atoms with van der Waals surface area (Å²) in [6, 6.07) is 1.19. The highest BCUT2D eigenvalue weighted by atomic mass is 16.5. The molecule has 0 radical (unpaired) electrons. The maximum Gasteiger partial charge on any atom is 0.317 e. The van der Waals surface area contributed by atoms with Crippen LogP contribution >= 0.6 is 0 Å². The summed E-state index contributed by atoms with van der Waals surface area (Å²) in [5, 5.41) is 3.12. The Labute approximate surface area is 155 Å². The monoisotopic (exact) mass is 361 g/mol. The van der Waals surface area contributed by atoms with Crippen LogP contribution in [0.15, 0.2) is 0 Å². The molecule has 1 aliphatic carbocycles. The third-order valence-electron chi connectivity index (χ3n) is 5.67. The number of nitrogens with two attached hydrogens (primary N) is 1. The molecule has 1 atom stereocenters. The van der Waals surface area contributed by atoms with Gasteiger partial charge >= 0.3 is 6.01 Å². The number of nitrogens with zero attached hydrogens (tertiary/aromatic N) is 3. The van der Waals surface area contributed by atoms with E-state index in [0.29, 0.717) is 17.1 Å². The zero-order valence-corrected chi connectivity index (χ0v) is 16.1. The molecule has 7 heteroatoms. The van der Waals surface area contributed by atoms with Gasteiger partial charge in [0.05, 0.1) is 17.1 Å². The molecular formula is C19H31N5O2. The highest BCUT2D eigenvalue weighted by molar-refractivity contribution is 5.80. The van der Waals surface area contributed by atoms with Crippen LogP contribution in [0.2, 0.25) is 0 Å². The average Bonchev–Trinajstić information content (AvgIpc) is 3.15. The van der Waals surface area contributed by atoms with E-state index in [-0.39, 0.29) is 18.0 Å². The van der Waals surface area contributed by atoms with Crippen molar-refractivity contribution >= 4 is 11.6 Å². The van der Waals surface area contributed by atoms with E-state index in [0.717, 1.165) is 32.0 Å². The fraction of sp³-hybridized carbons (Fsp3) is 0.737. The summed E-state index contributed by atoms with van der Waals surface area (Å²) < 4.78 is 5.64. The van der Waals surface area contributed by atoms with Crippen LogP contribution in [-0.4, -0.2) is 52.1 Å². The smallest absolute Gasteiger partial charge is 0.317 e. The van der Waals surface area contributed by atoms with Crippen molar-refractivity contribution in [3.8, 4) is 6.01 Å². The number of piperidine rings is 1. The number of likely N-dealkylation sites (tertiary alicyclic amines) is 1. The number of nitrogens with one attached hydrogen (secondary N) is 1. The molecule has 144 valence electrons. The quantitative estimate of drug-likeness (QED) is 0.833. The molecule has 1 saturated carbocycles. The van der Waals surface area contributed by atoms with E-state index < -0.39 is 6.10 Å². The highest BCUT2D eigenvalue weighted by Crippen LogP contribution is 2.26. The Kier molecular flexibility index (Phi) is 5.96. The van der Waals surface area contributed by atoms with Gasteiger partial charge in [-0.3, -0.25) is 4.79 Å². The molecule has 0 aromatic carbocycles. The molecule has 3 N–H and O–H groups in total. The molecule has 1 aromatic heterocycles. The van der Waals surface area contributed by atoms with E-state index in [1.165, 1.54) is 25.7 Å². The van der Waals surface area contributed by atoms with Gasteiger partial charge in [0, 0.05) is 25.2 Å². The second kappa shape index (κ2) is 8.20. The van der Waals surface area contributed by atoms with Gasteiger partial charge in [-0.15, -0.1) is 0 Å². The Hall–Kier alpha value is -1.89. The van der Waals surface area contributed by atoms with Crippen LogP contribution in [0.3, 0.4) is 0 Å². The van der Waals surface area contributed by atoms with Gasteiger partial charge in [-0.05, 0) is 46.5 Å². The number of aryl methyl sites for hydroxylation is 2. The molecule has 1 unspecified atom stereocenters. The third-order valence-corrected chi connectivity index (χ3v) is 5.67. The summed E-state index contributed by atoms with van der Waals surface area (Å²) in [4.78, 5) is 23.5. The molecule has 0 bridgehead atoms. The topological polar surface area (TPSA) is 93.4 Å². The minimum Gasteiger partial charge on any atom is -0.450 e. The van der Waals surface area contributed by atoms with Gasteiger partial charge in [-0.25, -0.2) is 0 Å². The molecule has 3 rings (SSSR count). The lowest BCUT2D eigenvalue weighted by atomic mass is 10.0. The van der Waals surface area contributed by atoms with Crippen LogP contribution in [0.25, 0.3) is 0 Å². The Balaban J connectivity index is 1.47. The zero-order valence-electron chi connectivity index (χ0n) is 16.1. The number of rotatable bonds is 5. The number of amides is 1. The van der Waals surface area contributed by atoms with Crippen molar-refractivity contribution in [3.63, 3.8) is 0 Å². The first-order chi connectivity index (χ1) is 12.4. The minimum atomic E-state index is -0.634. The fourth-order valence-corrected chi connectivity index (χ4v) is 3.96. The van der Waals surface area contributed by atoms with E-state index in [1.54, 1.807) is 20.8 Å². The number of carbonyl (C=O) groups is 1. The maximum absolute atomic E-state index is 12.5. The van der Waals surface area contributed by atoms with Gasteiger partial charge in [0.15, 0.2) is 6.10 Å². The Morgan fingerprint density at radius 3 is 2.31 bits per heavy atom. The van der Waals surface area contributed by atoms with Gasteiger partial charge in [-0.1, -0.05) is 12.8 Å². The second-order valence-electron chi connectivity index (χ2n) is 7.61. The molecule has 1 saturated heterocycles. The first-order valence-electron chi connectivity index (χ1n) is 9.76. The normalized spacial score (nSPS) is 20.9. The Bertz CT molecular complexity index is 614. The first kappa shape index (κ1) is 18.9. The standard InChI is InChI=1S/C19H31N5O2/c1-12-17(20)13(2)22-19(21-12)26-14(3)18(25)23-15-8-10-24(11-9-15)16-6-4-5-7-16/h14-16H,4-11,20H2,1-3H3,(H,23,25). The van der Waals surface area contributed by atoms with Gasteiger partial charge in [0.1, 0.15) is 0 Å². The summed E-state index contributed by atoms with van der Waals surface area (Å²) in [7, 11) is 0. The number of aromatic nitrogens is 2. The van der Waals surface area contributed by atoms with Crippen molar-refractivity contribution in [1.29, 1.82) is 0 Å². The number of hydrogen-bond acceptors (Lipinski definition) is 6. The van der Waals surface area contributed by atoms with Crippen LogP contribution in [0.4, 0.5) is 5.69 Å². The van der Waals surface area contributed by atoms with Crippen LogP contribution in [0, 0.1) is 13.8 Å². The van der Waals surface area contributed by atoms with Crippen LogP contribution in [0.1, 0.15) is 56.8 Å². The van der Waals surface area contributed by atoms with Crippen molar-refractivity contribution in [2.24, 2.45) is 0 Å². The largest absolute Gasteiger partial charge is 0.450 e. The second-order valence-corrected chi connectivity index (χ2v) is 7.61. The number of ether oxygens (including phenoxy) is 1. The fourth-order valence-electron chi connectivity index (χ4n) is 3.96. The SMILES string of the molecule is Cc1nc(OC(C)C(=O)NC2CCN(C3CCCC3)CC2)nc(C)c1N. The van der Waals surface area contributed by atoms with Gasteiger partial charge in [-0.2, -0.15) is 9.97 Å². The van der Waals surface area contributed by atoms with E-state index >= 15 is 0 Å². The Morgan fingerprint density at radius 2 is 1.73 bits per heavy atom. The summed E-state index contributed by atoms with van der Waals surface area (Å²) in [6.45, 7) is 7.49. The maximum atomic E-state index is 12.5. The Morgan fingerprint density at radius 1 is 1.15 bits per heavy atom. The molecule has 1 amide bonds. The lowest BCUT2D eigenvalue weighted by Crippen LogP contribution is -2.49. The van der Waals surface area contributed by atoms with Crippen LogP contribution in [-0.2, 0) is 4.79 Å². The van der Waals surface area contributed by atoms with Crippen LogP contribution in [0.5, 0.6) is 6.01 Å². The summed E-state index contributed by atoms with van der Waals surface area (Å²) in [5.74, 6) is -0.111. The molecule has 2 heterocycles. The predicted octanol–water partition coefficient (Wildman–Crippen LogP) is 1.97. The van der Waals surface area contributed by atoms with E-state index in [1.807, 2.05) is 0 Å². The van der Waals surface area contributed by atoms with Crippen molar-refractivity contribution in [2.75, 3.05) is 18.8 Å². The molecule has 7 nitrogen and oxygen atoms in total. The molecule has 2 fully saturated rings. The number of carbonyl (C=O) groups excluding carboxylic acids is 1. The van der Waals surface area contributed by atoms with Crippen molar-refractivity contribution < 1.29 is 9.53 Å². The number of hydrogen-bond donors (Lipinski definition) is 2. The van der Waals surface area contributed by atoms with Crippen molar-refractivity contribution in [1.82, 2.24) is 20.2 Å². The van der Waals surface area contributed by atoms with Crippen molar-refractivity contribution in [2.45, 2.75) is 77.5 Å².